The van der Waals surface area contributed by atoms with Gasteiger partial charge in [0.05, 0.1) is 6.20 Å². The Morgan fingerprint density at radius 1 is 1.00 bits per heavy atom. The van der Waals surface area contributed by atoms with Gasteiger partial charge < -0.3 is 10.6 Å². The van der Waals surface area contributed by atoms with Gasteiger partial charge in [0, 0.05) is 19.0 Å². The molecular weight excluding hydrogens is 300 g/mol. The van der Waals surface area contributed by atoms with Crippen molar-refractivity contribution in [3.8, 4) is 11.4 Å². The van der Waals surface area contributed by atoms with Gasteiger partial charge in [-0.25, -0.2) is 9.97 Å². The second-order valence-corrected chi connectivity index (χ2v) is 5.34. The topological polar surface area (TPSA) is 66.9 Å². The number of amides is 1. The molecule has 0 aliphatic rings. The number of aromatic nitrogens is 2. The van der Waals surface area contributed by atoms with E-state index in [4.69, 9.17) is 0 Å². The van der Waals surface area contributed by atoms with Gasteiger partial charge in [-0.15, -0.1) is 0 Å². The molecule has 2 N–H and O–H groups in total. The monoisotopic (exact) mass is 318 g/mol. The SMILES string of the molecule is CC(=O)Nc1cnc(-c2ccccc2)nc1NCc1ccccc1. The molecule has 2 aromatic carbocycles. The summed E-state index contributed by atoms with van der Waals surface area (Å²) in [5.41, 5.74) is 2.62. The van der Waals surface area contributed by atoms with Gasteiger partial charge in [0.1, 0.15) is 5.69 Å². The highest BCUT2D eigenvalue weighted by Gasteiger charge is 2.10. The zero-order valence-electron chi connectivity index (χ0n) is 13.4. The molecule has 1 heterocycles. The summed E-state index contributed by atoms with van der Waals surface area (Å²) >= 11 is 0. The van der Waals surface area contributed by atoms with Crippen molar-refractivity contribution in [3.05, 3.63) is 72.4 Å². The molecular formula is C19H18N4O. The van der Waals surface area contributed by atoms with Crippen LogP contribution in [-0.4, -0.2) is 15.9 Å². The van der Waals surface area contributed by atoms with Crippen molar-refractivity contribution >= 4 is 17.4 Å². The number of benzene rings is 2. The van der Waals surface area contributed by atoms with Crippen LogP contribution in [0.4, 0.5) is 11.5 Å². The third-order valence-corrected chi connectivity index (χ3v) is 3.43. The summed E-state index contributed by atoms with van der Waals surface area (Å²) in [6.07, 6.45) is 1.63. The Morgan fingerprint density at radius 2 is 1.67 bits per heavy atom. The average molecular weight is 318 g/mol. The predicted octanol–water partition coefficient (Wildman–Crippen LogP) is 3.71. The highest BCUT2D eigenvalue weighted by molar-refractivity contribution is 5.91. The van der Waals surface area contributed by atoms with Crippen LogP contribution in [-0.2, 0) is 11.3 Å². The fourth-order valence-corrected chi connectivity index (χ4v) is 2.31. The van der Waals surface area contributed by atoms with E-state index in [9.17, 15) is 4.79 Å². The van der Waals surface area contributed by atoms with E-state index in [1.54, 1.807) is 6.20 Å². The molecule has 0 bridgehead atoms. The standard InChI is InChI=1S/C19H18N4O/c1-14(24)22-17-13-21-18(16-10-6-3-7-11-16)23-19(17)20-12-15-8-4-2-5-9-15/h2-11,13H,12H2,1H3,(H,22,24)(H,20,21,23). The molecule has 1 aromatic heterocycles. The molecule has 3 rings (SSSR count). The highest BCUT2D eigenvalue weighted by Crippen LogP contribution is 2.23. The molecule has 1 amide bonds. The van der Waals surface area contributed by atoms with Crippen LogP contribution in [0.1, 0.15) is 12.5 Å². The van der Waals surface area contributed by atoms with Gasteiger partial charge in [0.25, 0.3) is 0 Å². The molecule has 24 heavy (non-hydrogen) atoms. The molecule has 0 unspecified atom stereocenters. The normalized spacial score (nSPS) is 10.2. The third kappa shape index (κ3) is 3.95. The van der Waals surface area contributed by atoms with Crippen LogP contribution >= 0.6 is 0 Å². The second-order valence-electron chi connectivity index (χ2n) is 5.34. The first-order valence-electron chi connectivity index (χ1n) is 7.70. The summed E-state index contributed by atoms with van der Waals surface area (Å²) in [6.45, 7) is 2.07. The fraction of sp³-hybridized carbons (Fsp3) is 0.105. The van der Waals surface area contributed by atoms with Crippen LogP contribution in [0.25, 0.3) is 11.4 Å². The Labute approximate surface area is 140 Å². The lowest BCUT2D eigenvalue weighted by molar-refractivity contribution is -0.114. The van der Waals surface area contributed by atoms with E-state index >= 15 is 0 Å². The Bertz CT molecular complexity index is 819. The van der Waals surface area contributed by atoms with Crippen molar-refractivity contribution < 1.29 is 4.79 Å². The van der Waals surface area contributed by atoms with Gasteiger partial charge in [-0.1, -0.05) is 60.7 Å². The zero-order chi connectivity index (χ0) is 16.8. The van der Waals surface area contributed by atoms with Crippen molar-refractivity contribution in [3.63, 3.8) is 0 Å². The van der Waals surface area contributed by atoms with E-state index in [2.05, 4.69) is 20.6 Å². The summed E-state index contributed by atoms with van der Waals surface area (Å²) in [5.74, 6) is 1.05. The Balaban J connectivity index is 1.89. The van der Waals surface area contributed by atoms with Crippen LogP contribution in [0, 0.1) is 0 Å². The number of hydrogen-bond acceptors (Lipinski definition) is 4. The minimum Gasteiger partial charge on any atom is -0.364 e. The maximum absolute atomic E-state index is 11.4. The van der Waals surface area contributed by atoms with Crippen LogP contribution in [0.15, 0.2) is 66.9 Å². The zero-order valence-corrected chi connectivity index (χ0v) is 13.4. The molecule has 0 aliphatic heterocycles. The molecule has 5 heteroatoms. The van der Waals surface area contributed by atoms with Gasteiger partial charge in [-0.2, -0.15) is 0 Å². The number of carbonyl (C=O) groups is 1. The fourth-order valence-electron chi connectivity index (χ4n) is 2.31. The Morgan fingerprint density at radius 3 is 2.33 bits per heavy atom. The van der Waals surface area contributed by atoms with Gasteiger partial charge in [-0.05, 0) is 5.56 Å². The first kappa shape index (κ1) is 15.7. The average Bonchev–Trinajstić information content (AvgIpc) is 2.62. The number of nitrogens with one attached hydrogen (secondary N) is 2. The number of anilines is 2. The number of nitrogens with zero attached hydrogens (tertiary/aromatic N) is 2. The third-order valence-electron chi connectivity index (χ3n) is 3.43. The maximum atomic E-state index is 11.4. The van der Waals surface area contributed by atoms with Crippen molar-refractivity contribution in [1.82, 2.24) is 9.97 Å². The smallest absolute Gasteiger partial charge is 0.221 e. The molecule has 0 saturated carbocycles. The maximum Gasteiger partial charge on any atom is 0.221 e. The van der Waals surface area contributed by atoms with E-state index in [0.29, 0.717) is 23.9 Å². The molecule has 0 aliphatic carbocycles. The van der Waals surface area contributed by atoms with Crippen molar-refractivity contribution in [2.45, 2.75) is 13.5 Å². The van der Waals surface area contributed by atoms with E-state index in [0.717, 1.165) is 11.1 Å². The van der Waals surface area contributed by atoms with Crippen LogP contribution in [0.3, 0.4) is 0 Å². The molecule has 0 spiro atoms. The summed E-state index contributed by atoms with van der Waals surface area (Å²) in [5, 5.41) is 6.04. The van der Waals surface area contributed by atoms with Gasteiger partial charge >= 0.3 is 0 Å². The van der Waals surface area contributed by atoms with E-state index in [-0.39, 0.29) is 5.91 Å². The predicted molar refractivity (Wildman–Crippen MR) is 95.5 cm³/mol. The summed E-state index contributed by atoms with van der Waals surface area (Å²) in [7, 11) is 0. The largest absolute Gasteiger partial charge is 0.364 e. The van der Waals surface area contributed by atoms with Crippen LogP contribution in [0.2, 0.25) is 0 Å². The molecule has 120 valence electrons. The second kappa shape index (κ2) is 7.37. The summed E-state index contributed by atoms with van der Waals surface area (Å²) in [4.78, 5) is 20.3. The van der Waals surface area contributed by atoms with Gasteiger partial charge in [0.15, 0.2) is 11.6 Å². The lowest BCUT2D eigenvalue weighted by atomic mass is 10.2. The van der Waals surface area contributed by atoms with E-state index < -0.39 is 0 Å². The lowest BCUT2D eigenvalue weighted by Gasteiger charge is -2.12. The molecule has 3 aromatic rings. The van der Waals surface area contributed by atoms with Crippen LogP contribution in [0.5, 0.6) is 0 Å². The Kier molecular flexibility index (Phi) is 4.81. The van der Waals surface area contributed by atoms with Crippen molar-refractivity contribution in [2.75, 3.05) is 10.6 Å². The molecule has 0 fully saturated rings. The minimum absolute atomic E-state index is 0.158. The number of carbonyl (C=O) groups excluding carboxylic acids is 1. The molecule has 5 nitrogen and oxygen atoms in total. The minimum atomic E-state index is -0.158. The van der Waals surface area contributed by atoms with Crippen molar-refractivity contribution in [1.29, 1.82) is 0 Å². The molecule has 0 radical (unpaired) electrons. The Hall–Kier alpha value is -3.21. The van der Waals surface area contributed by atoms with Crippen LogP contribution < -0.4 is 10.6 Å². The first-order chi connectivity index (χ1) is 11.7. The van der Waals surface area contributed by atoms with Crippen molar-refractivity contribution in [2.24, 2.45) is 0 Å². The number of hydrogen-bond donors (Lipinski definition) is 2. The molecule has 0 atom stereocenters. The highest BCUT2D eigenvalue weighted by atomic mass is 16.1. The van der Waals surface area contributed by atoms with E-state index in [1.807, 2.05) is 60.7 Å². The first-order valence-corrected chi connectivity index (χ1v) is 7.70. The van der Waals surface area contributed by atoms with Gasteiger partial charge in [0.2, 0.25) is 5.91 Å². The summed E-state index contributed by atoms with van der Waals surface area (Å²) < 4.78 is 0. The quantitative estimate of drug-likeness (QED) is 0.752. The molecule has 0 saturated heterocycles. The lowest BCUT2D eigenvalue weighted by Crippen LogP contribution is -2.12. The summed E-state index contributed by atoms with van der Waals surface area (Å²) in [6, 6.07) is 19.8. The number of rotatable bonds is 5. The van der Waals surface area contributed by atoms with E-state index in [1.165, 1.54) is 6.92 Å². The van der Waals surface area contributed by atoms with Gasteiger partial charge in [-0.3, -0.25) is 4.79 Å².